The van der Waals surface area contributed by atoms with E-state index in [-0.39, 0.29) is 18.9 Å². The van der Waals surface area contributed by atoms with Crippen molar-refractivity contribution in [2.75, 3.05) is 25.1 Å². The van der Waals surface area contributed by atoms with Crippen molar-refractivity contribution in [3.8, 4) is 17.2 Å². The summed E-state index contributed by atoms with van der Waals surface area (Å²) in [7, 11) is 0. The Balaban J connectivity index is 1.68. The van der Waals surface area contributed by atoms with Crippen molar-refractivity contribution < 1.29 is 19.0 Å². The van der Waals surface area contributed by atoms with E-state index in [4.69, 9.17) is 19.9 Å². The maximum Gasteiger partial charge on any atom is 0.220 e. The molecule has 1 amide bonds. The van der Waals surface area contributed by atoms with Crippen molar-refractivity contribution >= 4 is 11.6 Å². The molecule has 0 spiro atoms. The third kappa shape index (κ3) is 3.90. The van der Waals surface area contributed by atoms with Gasteiger partial charge in [-0.05, 0) is 18.2 Å². The zero-order valence-electron chi connectivity index (χ0n) is 13.3. The average Bonchev–Trinajstić information content (AvgIpc) is 2.60. The highest BCUT2D eigenvalue weighted by molar-refractivity contribution is 5.73. The Hall–Kier alpha value is -2.89. The molecule has 1 aliphatic heterocycles. The molecule has 0 atom stereocenters. The number of ether oxygens (including phenoxy) is 3. The smallest absolute Gasteiger partial charge is 0.220 e. The van der Waals surface area contributed by atoms with Crippen LogP contribution in [0.15, 0.2) is 42.5 Å². The number of rotatable bonds is 7. The van der Waals surface area contributed by atoms with E-state index in [1.54, 1.807) is 0 Å². The van der Waals surface area contributed by atoms with Crippen LogP contribution in [0.5, 0.6) is 17.2 Å². The number of nitrogens with one attached hydrogen (secondary N) is 1. The fourth-order valence-corrected chi connectivity index (χ4v) is 2.46. The lowest BCUT2D eigenvalue weighted by Gasteiger charge is -2.21. The zero-order chi connectivity index (χ0) is 16.8. The van der Waals surface area contributed by atoms with Gasteiger partial charge in [0.05, 0.1) is 18.7 Å². The molecular weight excluding hydrogens is 308 g/mol. The first-order valence-electron chi connectivity index (χ1n) is 7.85. The summed E-state index contributed by atoms with van der Waals surface area (Å²) in [4.78, 5) is 10.8. The summed E-state index contributed by atoms with van der Waals surface area (Å²) in [5.74, 6) is 1.85. The molecular formula is C18H20N2O4. The van der Waals surface area contributed by atoms with Crippen molar-refractivity contribution in [1.82, 2.24) is 0 Å². The summed E-state index contributed by atoms with van der Waals surface area (Å²) in [6.07, 6.45) is 0.186. The Kier molecular flexibility index (Phi) is 5.05. The number of hydrogen-bond acceptors (Lipinski definition) is 5. The summed E-state index contributed by atoms with van der Waals surface area (Å²) in [6.45, 7) is 1.95. The average molecular weight is 328 g/mol. The summed E-state index contributed by atoms with van der Waals surface area (Å²) in [5, 5.41) is 3.34. The van der Waals surface area contributed by atoms with Gasteiger partial charge >= 0.3 is 0 Å². The van der Waals surface area contributed by atoms with Crippen LogP contribution in [0.1, 0.15) is 12.0 Å². The Labute approximate surface area is 140 Å². The highest BCUT2D eigenvalue weighted by Gasteiger charge is 2.15. The molecule has 0 aromatic heterocycles. The molecule has 0 saturated carbocycles. The maximum absolute atomic E-state index is 10.8. The Morgan fingerprint density at radius 2 is 1.96 bits per heavy atom. The fraction of sp³-hybridized carbons (Fsp3) is 0.278. The van der Waals surface area contributed by atoms with Gasteiger partial charge in [0.15, 0.2) is 11.5 Å². The molecule has 0 unspecified atom stereocenters. The van der Waals surface area contributed by atoms with Gasteiger partial charge in [-0.25, -0.2) is 0 Å². The SMILES string of the molecule is NC(=O)CCOc1ccccc1NCc1cccc2c1OCCO2. The molecule has 6 nitrogen and oxygen atoms in total. The monoisotopic (exact) mass is 328 g/mol. The van der Waals surface area contributed by atoms with E-state index >= 15 is 0 Å². The number of carbonyl (C=O) groups excluding carboxylic acids is 1. The van der Waals surface area contributed by atoms with E-state index in [9.17, 15) is 4.79 Å². The van der Waals surface area contributed by atoms with Crippen molar-refractivity contribution in [2.24, 2.45) is 5.73 Å². The predicted octanol–water partition coefficient (Wildman–Crippen LogP) is 2.32. The van der Waals surface area contributed by atoms with E-state index in [1.165, 1.54) is 0 Å². The summed E-state index contributed by atoms with van der Waals surface area (Å²) in [5.41, 5.74) is 6.99. The lowest BCUT2D eigenvalue weighted by Crippen LogP contribution is -2.17. The van der Waals surface area contributed by atoms with Crippen LogP contribution in [-0.4, -0.2) is 25.7 Å². The summed E-state index contributed by atoms with van der Waals surface area (Å²) >= 11 is 0. The van der Waals surface area contributed by atoms with Gasteiger partial charge in [0.1, 0.15) is 19.0 Å². The zero-order valence-corrected chi connectivity index (χ0v) is 13.3. The van der Waals surface area contributed by atoms with Crippen LogP contribution in [0.3, 0.4) is 0 Å². The number of benzene rings is 2. The molecule has 0 radical (unpaired) electrons. The van der Waals surface area contributed by atoms with Crippen molar-refractivity contribution in [2.45, 2.75) is 13.0 Å². The standard InChI is InChI=1S/C18H20N2O4/c19-17(21)8-9-22-15-6-2-1-5-14(15)20-12-13-4-3-7-16-18(13)24-11-10-23-16/h1-7,20H,8-12H2,(H2,19,21). The van der Waals surface area contributed by atoms with E-state index in [0.717, 1.165) is 22.7 Å². The number of nitrogens with two attached hydrogens (primary N) is 1. The van der Waals surface area contributed by atoms with Gasteiger partial charge in [-0.1, -0.05) is 24.3 Å². The van der Waals surface area contributed by atoms with Crippen molar-refractivity contribution in [1.29, 1.82) is 0 Å². The number of para-hydroxylation sites is 3. The Bertz CT molecular complexity index is 718. The van der Waals surface area contributed by atoms with Gasteiger partial charge in [0.2, 0.25) is 5.91 Å². The van der Waals surface area contributed by atoms with Crippen LogP contribution in [0.2, 0.25) is 0 Å². The minimum absolute atomic E-state index is 0.186. The number of anilines is 1. The fourth-order valence-electron chi connectivity index (χ4n) is 2.46. The molecule has 2 aromatic rings. The van der Waals surface area contributed by atoms with Crippen LogP contribution in [0.25, 0.3) is 0 Å². The molecule has 0 saturated heterocycles. The highest BCUT2D eigenvalue weighted by Crippen LogP contribution is 2.34. The van der Waals surface area contributed by atoms with Gasteiger partial charge < -0.3 is 25.3 Å². The van der Waals surface area contributed by atoms with Crippen molar-refractivity contribution in [3.05, 3.63) is 48.0 Å². The first kappa shape index (κ1) is 16.0. The largest absolute Gasteiger partial charge is 0.491 e. The van der Waals surface area contributed by atoms with Crippen LogP contribution in [0, 0.1) is 0 Å². The van der Waals surface area contributed by atoms with Crippen molar-refractivity contribution in [3.63, 3.8) is 0 Å². The van der Waals surface area contributed by atoms with Gasteiger partial charge in [-0.15, -0.1) is 0 Å². The van der Waals surface area contributed by atoms with Gasteiger partial charge in [-0.3, -0.25) is 4.79 Å². The first-order chi connectivity index (χ1) is 11.7. The summed E-state index contributed by atoms with van der Waals surface area (Å²) < 4.78 is 16.9. The lowest BCUT2D eigenvalue weighted by molar-refractivity contribution is -0.118. The van der Waals surface area contributed by atoms with Gasteiger partial charge in [0, 0.05) is 12.1 Å². The predicted molar refractivity (Wildman–Crippen MR) is 90.5 cm³/mol. The Morgan fingerprint density at radius 3 is 2.83 bits per heavy atom. The maximum atomic E-state index is 10.8. The topological polar surface area (TPSA) is 82.8 Å². The second-order valence-corrected chi connectivity index (χ2v) is 5.36. The van der Waals surface area contributed by atoms with Crippen LogP contribution >= 0.6 is 0 Å². The Morgan fingerprint density at radius 1 is 1.12 bits per heavy atom. The number of primary amides is 1. The third-order valence-electron chi connectivity index (χ3n) is 3.61. The molecule has 6 heteroatoms. The summed E-state index contributed by atoms with van der Waals surface area (Å²) in [6, 6.07) is 13.4. The van der Waals surface area contributed by atoms with Crippen LogP contribution < -0.4 is 25.3 Å². The first-order valence-corrected chi connectivity index (χ1v) is 7.85. The lowest BCUT2D eigenvalue weighted by atomic mass is 10.1. The van der Waals surface area contributed by atoms with E-state index < -0.39 is 0 Å². The molecule has 0 bridgehead atoms. The van der Waals surface area contributed by atoms with Gasteiger partial charge in [0.25, 0.3) is 0 Å². The van der Waals surface area contributed by atoms with Crippen LogP contribution in [0.4, 0.5) is 5.69 Å². The molecule has 2 aromatic carbocycles. The molecule has 0 fully saturated rings. The third-order valence-corrected chi connectivity index (χ3v) is 3.61. The second-order valence-electron chi connectivity index (χ2n) is 5.36. The molecule has 0 aliphatic carbocycles. The quantitative estimate of drug-likeness (QED) is 0.815. The van der Waals surface area contributed by atoms with E-state index in [2.05, 4.69) is 5.32 Å². The second kappa shape index (κ2) is 7.59. The number of carbonyl (C=O) groups is 1. The highest BCUT2D eigenvalue weighted by atomic mass is 16.6. The normalized spacial score (nSPS) is 12.5. The molecule has 1 heterocycles. The molecule has 1 aliphatic rings. The number of amides is 1. The van der Waals surface area contributed by atoms with Gasteiger partial charge in [-0.2, -0.15) is 0 Å². The number of hydrogen-bond donors (Lipinski definition) is 2. The molecule has 3 N–H and O–H groups in total. The molecule has 3 rings (SSSR count). The van der Waals surface area contributed by atoms with E-state index in [0.29, 0.717) is 25.5 Å². The minimum atomic E-state index is -0.381. The van der Waals surface area contributed by atoms with E-state index in [1.807, 2.05) is 42.5 Å². The minimum Gasteiger partial charge on any atom is -0.491 e. The molecule has 126 valence electrons. The van der Waals surface area contributed by atoms with Crippen LogP contribution in [-0.2, 0) is 11.3 Å². The number of fused-ring (bicyclic) bond motifs is 1. The molecule has 24 heavy (non-hydrogen) atoms.